The van der Waals surface area contributed by atoms with Gasteiger partial charge in [-0.15, -0.1) is 11.3 Å². The van der Waals surface area contributed by atoms with E-state index in [-0.39, 0.29) is 19.0 Å². The minimum atomic E-state index is -1.43. The number of β-amino-alcohol motifs (C(OH)–C–C–N with tert-alkyl or cyclic N) is 1. The normalized spacial score (nSPS) is 22.9. The number of aliphatic hydroxyl groups is 1. The zero-order valence-electron chi connectivity index (χ0n) is 11.3. The molecular formula is C13H17FN2O3S. The first-order chi connectivity index (χ1) is 9.31. The van der Waals surface area contributed by atoms with Gasteiger partial charge in [-0.2, -0.15) is 0 Å². The van der Waals surface area contributed by atoms with Crippen LogP contribution in [0, 0.1) is 0 Å². The van der Waals surface area contributed by atoms with Crippen LogP contribution in [-0.2, 0) is 4.79 Å². The SMILES string of the molecule is CC(C)(NC(=O)c1cccs1)C(=O)N1C[C@@H](O)[C@H](F)C1. The van der Waals surface area contributed by atoms with Crippen LogP contribution >= 0.6 is 11.3 Å². The second-order valence-corrected chi connectivity index (χ2v) is 6.30. The summed E-state index contributed by atoms with van der Waals surface area (Å²) in [5.74, 6) is -0.739. The molecule has 7 heteroatoms. The average molecular weight is 300 g/mol. The van der Waals surface area contributed by atoms with Gasteiger partial charge in [0.1, 0.15) is 17.8 Å². The molecule has 0 aliphatic carbocycles. The molecule has 1 saturated heterocycles. The van der Waals surface area contributed by atoms with Gasteiger partial charge in [0.25, 0.3) is 5.91 Å². The molecule has 1 aromatic rings. The fourth-order valence-electron chi connectivity index (χ4n) is 2.11. The highest BCUT2D eigenvalue weighted by Gasteiger charge is 2.40. The molecule has 110 valence electrons. The Morgan fingerprint density at radius 2 is 2.20 bits per heavy atom. The van der Waals surface area contributed by atoms with Crippen LogP contribution in [0.5, 0.6) is 0 Å². The maximum Gasteiger partial charge on any atom is 0.262 e. The van der Waals surface area contributed by atoms with Crippen molar-refractivity contribution in [2.75, 3.05) is 13.1 Å². The summed E-state index contributed by atoms with van der Waals surface area (Å²) in [6, 6.07) is 3.41. The second-order valence-electron chi connectivity index (χ2n) is 5.35. The second kappa shape index (κ2) is 5.49. The molecule has 0 unspecified atom stereocenters. The highest BCUT2D eigenvalue weighted by molar-refractivity contribution is 7.12. The lowest BCUT2D eigenvalue weighted by molar-refractivity contribution is -0.136. The van der Waals surface area contributed by atoms with Gasteiger partial charge in [-0.3, -0.25) is 9.59 Å². The first-order valence-electron chi connectivity index (χ1n) is 6.29. The van der Waals surface area contributed by atoms with Crippen molar-refractivity contribution in [3.63, 3.8) is 0 Å². The van der Waals surface area contributed by atoms with Crippen LogP contribution in [0.4, 0.5) is 4.39 Å². The van der Waals surface area contributed by atoms with Crippen LogP contribution in [-0.4, -0.2) is 52.7 Å². The molecule has 1 aliphatic rings. The molecular weight excluding hydrogens is 283 g/mol. The van der Waals surface area contributed by atoms with E-state index in [1.54, 1.807) is 31.4 Å². The largest absolute Gasteiger partial charge is 0.388 e. The minimum absolute atomic E-state index is 0.0434. The number of carbonyl (C=O) groups is 2. The molecule has 2 rings (SSSR count). The predicted octanol–water partition coefficient (Wildman–Crippen LogP) is 0.798. The maximum absolute atomic E-state index is 13.3. The predicted molar refractivity (Wildman–Crippen MR) is 73.3 cm³/mol. The topological polar surface area (TPSA) is 69.6 Å². The lowest BCUT2D eigenvalue weighted by atomic mass is 10.0. The molecule has 2 heterocycles. The Bertz CT molecular complexity index is 494. The van der Waals surface area contributed by atoms with Crippen LogP contribution in [0.25, 0.3) is 0 Å². The number of amides is 2. The van der Waals surface area contributed by atoms with E-state index in [9.17, 15) is 19.1 Å². The average Bonchev–Trinajstić information content (AvgIpc) is 2.99. The summed E-state index contributed by atoms with van der Waals surface area (Å²) in [4.78, 5) is 26.0. The molecule has 1 aliphatic heterocycles. The van der Waals surface area contributed by atoms with Crippen molar-refractivity contribution in [2.24, 2.45) is 0 Å². The number of halogens is 1. The minimum Gasteiger partial charge on any atom is -0.388 e. The molecule has 2 amide bonds. The Morgan fingerprint density at radius 1 is 1.50 bits per heavy atom. The van der Waals surface area contributed by atoms with Gasteiger partial charge < -0.3 is 15.3 Å². The number of alkyl halides is 1. The fourth-order valence-corrected chi connectivity index (χ4v) is 2.73. The van der Waals surface area contributed by atoms with Gasteiger partial charge in [0.2, 0.25) is 5.91 Å². The van der Waals surface area contributed by atoms with E-state index < -0.39 is 23.7 Å². The highest BCUT2D eigenvalue weighted by atomic mass is 32.1. The van der Waals surface area contributed by atoms with Crippen molar-refractivity contribution in [3.05, 3.63) is 22.4 Å². The molecule has 2 N–H and O–H groups in total. The number of hydrogen-bond donors (Lipinski definition) is 2. The van der Waals surface area contributed by atoms with E-state index in [1.165, 1.54) is 16.2 Å². The van der Waals surface area contributed by atoms with Crippen molar-refractivity contribution in [1.29, 1.82) is 0 Å². The summed E-state index contributed by atoms with van der Waals surface area (Å²) >= 11 is 1.28. The van der Waals surface area contributed by atoms with Crippen LogP contribution in [0.1, 0.15) is 23.5 Å². The van der Waals surface area contributed by atoms with Crippen molar-refractivity contribution in [3.8, 4) is 0 Å². The summed E-state index contributed by atoms with van der Waals surface area (Å²) in [6.07, 6.45) is -2.58. The van der Waals surface area contributed by atoms with Crippen LogP contribution in [0.15, 0.2) is 17.5 Å². The van der Waals surface area contributed by atoms with E-state index >= 15 is 0 Å². The van der Waals surface area contributed by atoms with Crippen molar-refractivity contribution >= 4 is 23.2 Å². The van der Waals surface area contributed by atoms with E-state index in [0.29, 0.717) is 4.88 Å². The molecule has 0 bridgehead atoms. The van der Waals surface area contributed by atoms with Crippen LogP contribution < -0.4 is 5.32 Å². The molecule has 0 spiro atoms. The standard InChI is InChI=1S/C13H17FN2O3S/c1-13(2,15-11(18)10-4-3-5-20-10)12(19)16-6-8(14)9(17)7-16/h3-5,8-9,17H,6-7H2,1-2H3,(H,15,18)/t8-,9-/m1/s1. The summed E-state index contributed by atoms with van der Waals surface area (Å²) in [5.41, 5.74) is -1.15. The molecule has 1 aromatic heterocycles. The van der Waals surface area contributed by atoms with Crippen molar-refractivity contribution < 1.29 is 19.1 Å². The molecule has 20 heavy (non-hydrogen) atoms. The molecule has 0 aromatic carbocycles. The number of hydrogen-bond acceptors (Lipinski definition) is 4. The van der Waals surface area contributed by atoms with Crippen LogP contribution in [0.3, 0.4) is 0 Å². The molecule has 0 radical (unpaired) electrons. The highest BCUT2D eigenvalue weighted by Crippen LogP contribution is 2.19. The van der Waals surface area contributed by atoms with Gasteiger partial charge >= 0.3 is 0 Å². The number of aliphatic hydroxyl groups excluding tert-OH is 1. The summed E-state index contributed by atoms with van der Waals surface area (Å²) in [5, 5.41) is 13.8. The Hall–Kier alpha value is -1.47. The first-order valence-corrected chi connectivity index (χ1v) is 7.17. The van der Waals surface area contributed by atoms with E-state index in [2.05, 4.69) is 5.32 Å². The smallest absolute Gasteiger partial charge is 0.262 e. The number of carbonyl (C=O) groups excluding carboxylic acids is 2. The van der Waals surface area contributed by atoms with Crippen molar-refractivity contribution in [1.82, 2.24) is 10.2 Å². The zero-order valence-corrected chi connectivity index (χ0v) is 12.1. The summed E-state index contributed by atoms with van der Waals surface area (Å²) < 4.78 is 13.3. The van der Waals surface area contributed by atoms with Gasteiger partial charge in [0, 0.05) is 6.54 Å². The number of rotatable bonds is 3. The third-order valence-corrected chi connectivity index (χ3v) is 4.08. The quantitative estimate of drug-likeness (QED) is 0.867. The van der Waals surface area contributed by atoms with Gasteiger partial charge in [-0.25, -0.2) is 4.39 Å². The number of nitrogens with one attached hydrogen (secondary N) is 1. The lowest BCUT2D eigenvalue weighted by Crippen LogP contribution is -2.55. The van der Waals surface area contributed by atoms with Crippen LogP contribution in [0.2, 0.25) is 0 Å². The monoisotopic (exact) mass is 300 g/mol. The number of likely N-dealkylation sites (tertiary alicyclic amines) is 1. The third kappa shape index (κ3) is 2.99. The van der Waals surface area contributed by atoms with E-state index in [0.717, 1.165) is 0 Å². The Labute approximate surface area is 120 Å². The first kappa shape index (κ1) is 14.9. The van der Waals surface area contributed by atoms with Gasteiger partial charge in [0.05, 0.1) is 11.4 Å². The molecule has 5 nitrogen and oxygen atoms in total. The summed E-state index contributed by atoms with van der Waals surface area (Å²) in [6.45, 7) is 2.95. The Morgan fingerprint density at radius 3 is 2.70 bits per heavy atom. The third-order valence-electron chi connectivity index (χ3n) is 3.21. The summed E-state index contributed by atoms with van der Waals surface area (Å²) in [7, 11) is 0. The van der Waals surface area contributed by atoms with E-state index in [1.807, 2.05) is 0 Å². The van der Waals surface area contributed by atoms with Gasteiger partial charge in [-0.05, 0) is 25.3 Å². The number of nitrogens with zero attached hydrogens (tertiary/aromatic N) is 1. The lowest BCUT2D eigenvalue weighted by Gasteiger charge is -2.29. The van der Waals surface area contributed by atoms with E-state index in [4.69, 9.17) is 0 Å². The molecule has 1 fully saturated rings. The van der Waals surface area contributed by atoms with Gasteiger partial charge in [0.15, 0.2) is 0 Å². The fraction of sp³-hybridized carbons (Fsp3) is 0.538. The molecule has 0 saturated carbocycles. The maximum atomic E-state index is 13.3. The Balaban J connectivity index is 2.03. The van der Waals surface area contributed by atoms with Gasteiger partial charge in [-0.1, -0.05) is 6.07 Å². The Kier molecular flexibility index (Phi) is 4.10. The van der Waals surface area contributed by atoms with Crippen molar-refractivity contribution in [2.45, 2.75) is 31.7 Å². The number of thiophene rings is 1. The molecule has 2 atom stereocenters. The zero-order chi connectivity index (χ0) is 14.9.